The topological polar surface area (TPSA) is 82.0 Å². The van der Waals surface area contributed by atoms with Crippen LogP contribution in [0, 0.1) is 5.92 Å². The average Bonchev–Trinajstić information content (AvgIpc) is 2.99. The second-order valence-corrected chi connectivity index (χ2v) is 7.24. The highest BCUT2D eigenvalue weighted by molar-refractivity contribution is 5.96. The van der Waals surface area contributed by atoms with Crippen molar-refractivity contribution in [3.05, 3.63) is 47.1 Å². The van der Waals surface area contributed by atoms with Crippen molar-refractivity contribution < 1.29 is 9.32 Å². The van der Waals surface area contributed by atoms with Crippen LogP contribution in [0.25, 0.3) is 0 Å². The minimum Gasteiger partial charge on any atom is -0.339 e. The summed E-state index contributed by atoms with van der Waals surface area (Å²) < 4.78 is 5.24. The van der Waals surface area contributed by atoms with Crippen LogP contribution in [0.4, 0.5) is 0 Å². The molecule has 2 N–H and O–H groups in total. The summed E-state index contributed by atoms with van der Waals surface area (Å²) in [6.45, 7) is 4.37. The van der Waals surface area contributed by atoms with E-state index < -0.39 is 5.54 Å². The van der Waals surface area contributed by atoms with E-state index in [0.717, 1.165) is 31.2 Å². The summed E-state index contributed by atoms with van der Waals surface area (Å²) >= 11 is 0. The Labute approximate surface area is 154 Å². The van der Waals surface area contributed by atoms with Crippen molar-refractivity contribution >= 4 is 18.2 Å². The maximum Gasteiger partial charge on any atom is 0.227 e. The largest absolute Gasteiger partial charge is 0.339 e. The van der Waals surface area contributed by atoms with Crippen LogP contribution < -0.4 is 5.73 Å². The molecule has 0 aliphatic heterocycles. The van der Waals surface area contributed by atoms with Crippen LogP contribution in [0.1, 0.15) is 67.2 Å². The second kappa shape index (κ2) is 8.11. The van der Waals surface area contributed by atoms with Crippen LogP contribution >= 0.6 is 12.4 Å². The Balaban J connectivity index is 0.00000225. The first kappa shape index (κ1) is 19.6. The Morgan fingerprint density at radius 2 is 1.96 bits per heavy atom. The number of ketones is 1. The zero-order valence-electron chi connectivity index (χ0n) is 14.8. The van der Waals surface area contributed by atoms with Crippen molar-refractivity contribution in [3.63, 3.8) is 0 Å². The zero-order valence-corrected chi connectivity index (χ0v) is 15.6. The molecule has 0 saturated heterocycles. The maximum absolute atomic E-state index is 12.3. The number of aromatic nitrogens is 2. The fourth-order valence-electron chi connectivity index (χ4n) is 3.00. The standard InChI is InChI=1S/C19H25N3O2.ClH/c1-13(2)12-14-4-6-15(7-5-14)16(23)8-9-17-21-18(22-24-17)19(20)10-3-11-19;/h4-7,13H,3,8-12,20H2,1-2H3;1H. The molecule has 0 unspecified atom stereocenters. The van der Waals surface area contributed by atoms with E-state index in [2.05, 4.69) is 24.0 Å². The van der Waals surface area contributed by atoms with Gasteiger partial charge in [0, 0.05) is 18.4 Å². The molecular weight excluding hydrogens is 338 g/mol. The number of Topliss-reactive ketones (excluding diaryl/α,β-unsaturated/α-hetero) is 1. The summed E-state index contributed by atoms with van der Waals surface area (Å²) in [5.41, 5.74) is 7.76. The van der Waals surface area contributed by atoms with E-state index in [-0.39, 0.29) is 18.2 Å². The van der Waals surface area contributed by atoms with Gasteiger partial charge in [-0.2, -0.15) is 4.98 Å². The Morgan fingerprint density at radius 1 is 1.28 bits per heavy atom. The lowest BCUT2D eigenvalue weighted by atomic mass is 9.77. The van der Waals surface area contributed by atoms with Gasteiger partial charge in [-0.05, 0) is 37.2 Å². The molecule has 25 heavy (non-hydrogen) atoms. The summed E-state index contributed by atoms with van der Waals surface area (Å²) in [5.74, 6) is 1.78. The number of benzene rings is 1. The number of hydrogen-bond acceptors (Lipinski definition) is 5. The number of aryl methyl sites for hydroxylation is 1. The lowest BCUT2D eigenvalue weighted by Gasteiger charge is -2.34. The molecular formula is C19H26ClN3O2. The van der Waals surface area contributed by atoms with Gasteiger partial charge < -0.3 is 10.3 Å². The molecule has 1 saturated carbocycles. The summed E-state index contributed by atoms with van der Waals surface area (Å²) in [7, 11) is 0. The first-order valence-electron chi connectivity index (χ1n) is 8.70. The van der Waals surface area contributed by atoms with Crippen molar-refractivity contribution in [1.29, 1.82) is 0 Å². The van der Waals surface area contributed by atoms with Gasteiger partial charge in [0.15, 0.2) is 11.6 Å². The normalized spacial score (nSPS) is 15.5. The molecule has 0 radical (unpaired) electrons. The van der Waals surface area contributed by atoms with Gasteiger partial charge in [0.1, 0.15) is 0 Å². The number of rotatable bonds is 7. The summed E-state index contributed by atoms with van der Waals surface area (Å²) in [4.78, 5) is 16.7. The van der Waals surface area contributed by atoms with E-state index in [9.17, 15) is 4.79 Å². The number of nitrogens with zero attached hydrogens (tertiary/aromatic N) is 2. The highest BCUT2D eigenvalue weighted by Crippen LogP contribution is 2.36. The Morgan fingerprint density at radius 3 is 2.52 bits per heavy atom. The molecule has 0 atom stereocenters. The third-order valence-corrected chi connectivity index (χ3v) is 4.64. The Hall–Kier alpha value is -1.72. The minimum atomic E-state index is -0.419. The molecule has 2 aromatic rings. The van der Waals surface area contributed by atoms with Gasteiger partial charge in [-0.25, -0.2) is 0 Å². The van der Waals surface area contributed by atoms with E-state index in [0.29, 0.717) is 30.5 Å². The molecule has 0 spiro atoms. The van der Waals surface area contributed by atoms with E-state index in [1.807, 2.05) is 24.3 Å². The summed E-state index contributed by atoms with van der Waals surface area (Å²) in [5, 5.41) is 3.98. The van der Waals surface area contributed by atoms with Crippen LogP contribution in [-0.2, 0) is 18.4 Å². The van der Waals surface area contributed by atoms with Crippen LogP contribution in [0.2, 0.25) is 0 Å². The lowest BCUT2D eigenvalue weighted by molar-refractivity contribution is 0.0979. The van der Waals surface area contributed by atoms with Crippen LogP contribution in [0.3, 0.4) is 0 Å². The van der Waals surface area contributed by atoms with Crippen molar-refractivity contribution in [3.8, 4) is 0 Å². The molecule has 136 valence electrons. The third-order valence-electron chi connectivity index (χ3n) is 4.64. The first-order chi connectivity index (χ1) is 11.5. The molecule has 0 bridgehead atoms. The monoisotopic (exact) mass is 363 g/mol. The first-order valence-corrected chi connectivity index (χ1v) is 8.70. The van der Waals surface area contributed by atoms with E-state index in [1.165, 1.54) is 5.56 Å². The lowest BCUT2D eigenvalue weighted by Crippen LogP contribution is -2.44. The number of nitrogens with two attached hydrogens (primary N) is 1. The molecule has 1 aromatic carbocycles. The van der Waals surface area contributed by atoms with Crippen molar-refractivity contribution in [2.45, 2.75) is 57.9 Å². The van der Waals surface area contributed by atoms with Gasteiger partial charge >= 0.3 is 0 Å². The van der Waals surface area contributed by atoms with Gasteiger partial charge in [-0.3, -0.25) is 4.79 Å². The fourth-order valence-corrected chi connectivity index (χ4v) is 3.00. The maximum atomic E-state index is 12.3. The van der Waals surface area contributed by atoms with Gasteiger partial charge in [0.25, 0.3) is 0 Å². The molecule has 3 rings (SSSR count). The molecule has 1 aromatic heterocycles. The fraction of sp³-hybridized carbons (Fsp3) is 0.526. The van der Waals surface area contributed by atoms with E-state index in [1.54, 1.807) is 0 Å². The van der Waals surface area contributed by atoms with E-state index in [4.69, 9.17) is 10.3 Å². The van der Waals surface area contributed by atoms with Gasteiger partial charge in [-0.1, -0.05) is 43.3 Å². The molecule has 1 aliphatic rings. The van der Waals surface area contributed by atoms with Crippen molar-refractivity contribution in [2.75, 3.05) is 0 Å². The second-order valence-electron chi connectivity index (χ2n) is 7.24. The van der Waals surface area contributed by atoms with Crippen LogP contribution in [-0.4, -0.2) is 15.9 Å². The third kappa shape index (κ3) is 4.67. The van der Waals surface area contributed by atoms with Gasteiger partial charge in [-0.15, -0.1) is 12.4 Å². The highest BCUT2D eigenvalue weighted by Gasteiger charge is 2.38. The molecule has 0 amide bonds. The predicted molar refractivity (Wildman–Crippen MR) is 98.9 cm³/mol. The van der Waals surface area contributed by atoms with Crippen LogP contribution in [0.5, 0.6) is 0 Å². The van der Waals surface area contributed by atoms with Gasteiger partial charge in [0.2, 0.25) is 5.89 Å². The number of carbonyl (C=O) groups excluding carboxylic acids is 1. The number of hydrogen-bond donors (Lipinski definition) is 1. The number of halogens is 1. The Bertz CT molecular complexity index is 706. The molecule has 1 aliphatic carbocycles. The molecule has 1 fully saturated rings. The predicted octanol–water partition coefficient (Wildman–Crippen LogP) is 3.84. The van der Waals surface area contributed by atoms with Crippen LogP contribution in [0.15, 0.2) is 28.8 Å². The highest BCUT2D eigenvalue weighted by atomic mass is 35.5. The molecule has 6 heteroatoms. The summed E-state index contributed by atoms with van der Waals surface area (Å²) in [6.07, 6.45) is 4.74. The Kier molecular flexibility index (Phi) is 6.36. The molecule has 5 nitrogen and oxygen atoms in total. The minimum absolute atomic E-state index is 0. The zero-order chi connectivity index (χ0) is 17.2. The quantitative estimate of drug-likeness (QED) is 0.755. The SMILES string of the molecule is CC(C)Cc1ccc(C(=O)CCc2nc(C3(N)CCC3)no2)cc1.Cl. The van der Waals surface area contributed by atoms with E-state index >= 15 is 0 Å². The summed E-state index contributed by atoms with van der Waals surface area (Å²) in [6, 6.07) is 7.88. The van der Waals surface area contributed by atoms with Gasteiger partial charge in [0.05, 0.1) is 5.54 Å². The smallest absolute Gasteiger partial charge is 0.227 e. The number of carbonyl (C=O) groups is 1. The van der Waals surface area contributed by atoms with Crippen molar-refractivity contribution in [2.24, 2.45) is 11.7 Å². The van der Waals surface area contributed by atoms with Crippen molar-refractivity contribution in [1.82, 2.24) is 10.1 Å². The average molecular weight is 364 g/mol. The molecule has 1 heterocycles.